The average Bonchev–Trinajstić information content (AvgIpc) is 2.79. The van der Waals surface area contributed by atoms with Crippen molar-refractivity contribution in [2.24, 2.45) is 11.7 Å². The van der Waals surface area contributed by atoms with Gasteiger partial charge in [0.05, 0.1) is 18.4 Å². The number of benzene rings is 1. The molecule has 9 nitrogen and oxygen atoms in total. The van der Waals surface area contributed by atoms with Crippen LogP contribution in [0.4, 0.5) is 15.0 Å². The number of hydrogen-bond acceptors (Lipinski definition) is 7. The van der Waals surface area contributed by atoms with Gasteiger partial charge >= 0.3 is 6.09 Å². The molecule has 2 aromatic rings. The van der Waals surface area contributed by atoms with Crippen molar-refractivity contribution >= 4 is 17.8 Å². The minimum absolute atomic E-state index is 0.0536. The van der Waals surface area contributed by atoms with Gasteiger partial charge in [0.15, 0.2) is 11.6 Å². The Morgan fingerprint density at radius 2 is 2.12 bits per heavy atom. The fourth-order valence-electron chi connectivity index (χ4n) is 3.99. The Kier molecular flexibility index (Phi) is 8.02. The number of amides is 2. The molecule has 1 saturated heterocycles. The molecule has 0 bridgehead atoms. The van der Waals surface area contributed by atoms with E-state index in [0.717, 1.165) is 19.4 Å². The van der Waals surface area contributed by atoms with Gasteiger partial charge in [-0.05, 0) is 51.8 Å². The maximum atomic E-state index is 14.1. The van der Waals surface area contributed by atoms with E-state index < -0.39 is 11.9 Å². The van der Waals surface area contributed by atoms with Crippen LogP contribution in [0.25, 0.3) is 0 Å². The molecule has 1 fully saturated rings. The van der Waals surface area contributed by atoms with Crippen LogP contribution >= 0.6 is 0 Å². The van der Waals surface area contributed by atoms with E-state index >= 15 is 0 Å². The van der Waals surface area contributed by atoms with E-state index in [1.165, 1.54) is 30.7 Å². The lowest BCUT2D eigenvalue weighted by molar-refractivity contribution is 0.0713. The summed E-state index contributed by atoms with van der Waals surface area (Å²) in [7, 11) is 0. The highest BCUT2D eigenvalue weighted by atomic mass is 19.1. The largest absolute Gasteiger partial charge is 0.451 e. The molecule has 1 aliphatic rings. The van der Waals surface area contributed by atoms with Gasteiger partial charge in [-0.1, -0.05) is 0 Å². The van der Waals surface area contributed by atoms with E-state index in [4.69, 9.17) is 15.2 Å². The Hall–Kier alpha value is -3.43. The summed E-state index contributed by atoms with van der Waals surface area (Å²) in [6.45, 7) is 7.70. The van der Waals surface area contributed by atoms with Gasteiger partial charge in [-0.3, -0.25) is 4.79 Å². The van der Waals surface area contributed by atoms with Gasteiger partial charge in [0.1, 0.15) is 17.9 Å². The molecule has 2 amide bonds. The highest BCUT2D eigenvalue weighted by molar-refractivity contribution is 5.97. The number of halogens is 1. The number of nitrogens with zero attached hydrogens (tertiary/aromatic N) is 4. The van der Waals surface area contributed by atoms with Crippen LogP contribution in [0.2, 0.25) is 0 Å². The molecule has 0 saturated carbocycles. The number of aromatic nitrogens is 2. The Bertz CT molecular complexity index is 987. The number of carbonyl (C=O) groups is 2. The third-order valence-electron chi connectivity index (χ3n) is 5.56. The maximum absolute atomic E-state index is 14.1. The van der Waals surface area contributed by atoms with Crippen LogP contribution in [0.5, 0.6) is 11.5 Å². The van der Waals surface area contributed by atoms with Crippen molar-refractivity contribution in [2.75, 3.05) is 31.1 Å². The van der Waals surface area contributed by atoms with Gasteiger partial charge in [-0.2, -0.15) is 0 Å². The van der Waals surface area contributed by atoms with Crippen LogP contribution in [-0.4, -0.2) is 59.2 Å². The number of rotatable bonds is 8. The number of nitrogens with two attached hydrogens (primary N) is 1. The molecule has 0 unspecified atom stereocenters. The first-order valence-corrected chi connectivity index (χ1v) is 11.1. The van der Waals surface area contributed by atoms with Crippen LogP contribution in [-0.2, 0) is 4.74 Å². The molecule has 0 radical (unpaired) electrons. The zero-order valence-corrected chi connectivity index (χ0v) is 19.2. The number of piperidine rings is 1. The van der Waals surface area contributed by atoms with E-state index in [2.05, 4.69) is 9.97 Å². The standard InChI is InChI=1S/C23H30FN5O4/c1-4-29(15(2)3)22(30)18-10-17(24)7-8-19(18)33-20-11-26-14-27-21(20)28-9-5-6-16(12-28)13-32-23(25)31/h7-8,10-11,14-16H,4-6,9,12-13H2,1-3H3,(H2,25,31)/t16-/m1/s1. The second kappa shape index (κ2) is 10.9. The molecular formula is C23H30FN5O4. The summed E-state index contributed by atoms with van der Waals surface area (Å²) in [6.07, 6.45) is 3.90. The molecule has 1 aromatic heterocycles. The third kappa shape index (κ3) is 6.09. The molecular weight excluding hydrogens is 429 g/mol. The predicted octanol–water partition coefficient (Wildman–Crippen LogP) is 3.59. The minimum Gasteiger partial charge on any atom is -0.451 e. The number of primary amides is 1. The van der Waals surface area contributed by atoms with Crippen LogP contribution in [0.1, 0.15) is 44.0 Å². The Labute approximate surface area is 192 Å². The van der Waals surface area contributed by atoms with E-state index in [1.807, 2.05) is 25.7 Å². The summed E-state index contributed by atoms with van der Waals surface area (Å²) in [5.41, 5.74) is 5.22. The summed E-state index contributed by atoms with van der Waals surface area (Å²) < 4.78 is 25.1. The monoisotopic (exact) mass is 459 g/mol. The van der Waals surface area contributed by atoms with E-state index in [9.17, 15) is 14.0 Å². The molecule has 1 aromatic carbocycles. The summed E-state index contributed by atoms with van der Waals surface area (Å²) in [6, 6.07) is 3.82. The molecule has 0 spiro atoms. The Balaban J connectivity index is 1.87. The van der Waals surface area contributed by atoms with Crippen molar-refractivity contribution in [1.29, 1.82) is 0 Å². The minimum atomic E-state index is -0.797. The van der Waals surface area contributed by atoms with Crippen LogP contribution in [0, 0.1) is 11.7 Å². The van der Waals surface area contributed by atoms with E-state index in [0.29, 0.717) is 24.7 Å². The molecule has 1 aliphatic heterocycles. The van der Waals surface area contributed by atoms with Crippen molar-refractivity contribution in [3.8, 4) is 11.5 Å². The molecule has 0 aliphatic carbocycles. The number of ether oxygens (including phenoxy) is 2. The lowest BCUT2D eigenvalue weighted by atomic mass is 9.99. The fraction of sp³-hybridized carbons (Fsp3) is 0.478. The van der Waals surface area contributed by atoms with Crippen molar-refractivity contribution in [3.63, 3.8) is 0 Å². The van der Waals surface area contributed by atoms with Crippen LogP contribution in [0.15, 0.2) is 30.7 Å². The van der Waals surface area contributed by atoms with Gasteiger partial charge in [0.2, 0.25) is 0 Å². The predicted molar refractivity (Wildman–Crippen MR) is 121 cm³/mol. The summed E-state index contributed by atoms with van der Waals surface area (Å²) >= 11 is 0. The summed E-state index contributed by atoms with van der Waals surface area (Å²) in [5.74, 6) is 0.378. The SMILES string of the molecule is CCN(C(=O)c1cc(F)ccc1Oc1cncnc1N1CCC[C@@H](COC(N)=O)C1)C(C)C. The van der Waals surface area contributed by atoms with Crippen molar-refractivity contribution < 1.29 is 23.5 Å². The molecule has 33 heavy (non-hydrogen) atoms. The van der Waals surface area contributed by atoms with Gasteiger partial charge in [0.25, 0.3) is 5.91 Å². The van der Waals surface area contributed by atoms with Gasteiger partial charge in [-0.15, -0.1) is 0 Å². The number of anilines is 1. The molecule has 1 atom stereocenters. The first-order chi connectivity index (χ1) is 15.8. The first kappa shape index (κ1) is 24.2. The lowest BCUT2D eigenvalue weighted by Gasteiger charge is -2.33. The molecule has 3 rings (SSSR count). The van der Waals surface area contributed by atoms with Gasteiger partial charge in [-0.25, -0.2) is 19.2 Å². The second-order valence-electron chi connectivity index (χ2n) is 8.22. The van der Waals surface area contributed by atoms with Crippen molar-refractivity contribution in [1.82, 2.24) is 14.9 Å². The summed E-state index contributed by atoms with van der Waals surface area (Å²) in [5, 5.41) is 0. The van der Waals surface area contributed by atoms with E-state index in [-0.39, 0.29) is 35.8 Å². The Morgan fingerprint density at radius 1 is 1.33 bits per heavy atom. The molecule has 178 valence electrons. The molecule has 2 heterocycles. The fourth-order valence-corrected chi connectivity index (χ4v) is 3.99. The topological polar surface area (TPSA) is 111 Å². The van der Waals surface area contributed by atoms with E-state index in [1.54, 1.807) is 4.90 Å². The quantitative estimate of drug-likeness (QED) is 0.642. The average molecular weight is 460 g/mol. The highest BCUT2D eigenvalue weighted by Gasteiger charge is 2.26. The third-order valence-corrected chi connectivity index (χ3v) is 5.56. The van der Waals surface area contributed by atoms with Crippen molar-refractivity contribution in [3.05, 3.63) is 42.1 Å². The van der Waals surface area contributed by atoms with Crippen LogP contribution < -0.4 is 15.4 Å². The number of carbonyl (C=O) groups excluding carboxylic acids is 2. The zero-order chi connectivity index (χ0) is 24.0. The highest BCUT2D eigenvalue weighted by Crippen LogP contribution is 2.34. The van der Waals surface area contributed by atoms with Crippen molar-refractivity contribution in [2.45, 2.75) is 39.7 Å². The molecule has 2 N–H and O–H groups in total. The maximum Gasteiger partial charge on any atom is 0.404 e. The number of hydrogen-bond donors (Lipinski definition) is 1. The smallest absolute Gasteiger partial charge is 0.404 e. The Morgan fingerprint density at radius 3 is 2.82 bits per heavy atom. The normalized spacial score (nSPS) is 15.9. The van der Waals surface area contributed by atoms with Gasteiger partial charge in [0, 0.05) is 31.6 Å². The summed E-state index contributed by atoms with van der Waals surface area (Å²) in [4.78, 5) is 36.2. The van der Waals surface area contributed by atoms with Gasteiger partial charge < -0.3 is 25.0 Å². The molecule has 10 heteroatoms. The first-order valence-electron chi connectivity index (χ1n) is 11.1. The second-order valence-corrected chi connectivity index (χ2v) is 8.22. The zero-order valence-electron chi connectivity index (χ0n) is 19.2. The van der Waals surface area contributed by atoms with Crippen LogP contribution in [0.3, 0.4) is 0 Å². The lowest BCUT2D eigenvalue weighted by Crippen LogP contribution is -2.38.